The van der Waals surface area contributed by atoms with Gasteiger partial charge in [-0.15, -0.1) is 0 Å². The van der Waals surface area contributed by atoms with Gasteiger partial charge in [0.05, 0.1) is 5.92 Å². The quantitative estimate of drug-likeness (QED) is 0.708. The summed E-state index contributed by atoms with van der Waals surface area (Å²) in [6.45, 7) is 7.19. The van der Waals surface area contributed by atoms with Crippen LogP contribution in [0.2, 0.25) is 0 Å². The molecule has 2 N–H and O–H groups in total. The van der Waals surface area contributed by atoms with Crippen LogP contribution in [-0.4, -0.2) is 54.5 Å². The van der Waals surface area contributed by atoms with Gasteiger partial charge in [-0.2, -0.15) is 0 Å². The highest BCUT2D eigenvalue weighted by molar-refractivity contribution is 5.82. The summed E-state index contributed by atoms with van der Waals surface area (Å²) in [7, 11) is 0. The van der Waals surface area contributed by atoms with Crippen LogP contribution in [0.4, 0.5) is 0 Å². The zero-order chi connectivity index (χ0) is 10.8. The minimum absolute atomic E-state index is 0.141. The van der Waals surface area contributed by atoms with E-state index in [4.69, 9.17) is 5.73 Å². The van der Waals surface area contributed by atoms with Gasteiger partial charge in [0, 0.05) is 32.2 Å². The van der Waals surface area contributed by atoms with Crippen LogP contribution in [0.1, 0.15) is 19.8 Å². The highest BCUT2D eigenvalue weighted by Gasteiger charge is 2.42. The van der Waals surface area contributed by atoms with E-state index >= 15 is 0 Å². The second kappa shape index (κ2) is 4.49. The van der Waals surface area contributed by atoms with E-state index in [0.717, 1.165) is 39.1 Å². The molecule has 1 saturated heterocycles. The first kappa shape index (κ1) is 10.9. The normalized spacial score (nSPS) is 31.7. The molecule has 86 valence electrons. The van der Waals surface area contributed by atoms with E-state index in [0.29, 0.717) is 5.91 Å². The van der Waals surface area contributed by atoms with Crippen molar-refractivity contribution < 1.29 is 4.79 Å². The monoisotopic (exact) mass is 211 g/mol. The average molecular weight is 211 g/mol. The summed E-state index contributed by atoms with van der Waals surface area (Å²) in [6, 6.07) is 0.145. The molecule has 2 atom stereocenters. The lowest BCUT2D eigenvalue weighted by molar-refractivity contribution is -0.134. The first-order valence-corrected chi connectivity index (χ1v) is 5.99. The van der Waals surface area contributed by atoms with Gasteiger partial charge in [0.25, 0.3) is 0 Å². The Bertz CT molecular complexity index is 236. The molecule has 1 amide bonds. The molecule has 0 aromatic carbocycles. The summed E-state index contributed by atoms with van der Waals surface area (Å²) < 4.78 is 0. The summed E-state index contributed by atoms with van der Waals surface area (Å²) in [4.78, 5) is 16.3. The van der Waals surface area contributed by atoms with Gasteiger partial charge in [-0.25, -0.2) is 0 Å². The van der Waals surface area contributed by atoms with Crippen molar-refractivity contribution in [1.82, 2.24) is 9.80 Å². The molecule has 0 spiro atoms. The number of nitrogens with two attached hydrogens (primary N) is 1. The van der Waals surface area contributed by atoms with Crippen LogP contribution < -0.4 is 5.73 Å². The largest absolute Gasteiger partial charge is 0.340 e. The fourth-order valence-corrected chi connectivity index (χ4v) is 2.24. The van der Waals surface area contributed by atoms with Crippen molar-refractivity contribution in [3.05, 3.63) is 0 Å². The highest BCUT2D eigenvalue weighted by atomic mass is 16.2. The van der Waals surface area contributed by atoms with E-state index in [2.05, 4.69) is 11.8 Å². The summed E-state index contributed by atoms with van der Waals surface area (Å²) in [5.41, 5.74) is 5.69. The molecule has 4 heteroatoms. The minimum atomic E-state index is 0.141. The molecule has 0 bridgehead atoms. The van der Waals surface area contributed by atoms with Crippen LogP contribution in [-0.2, 0) is 4.79 Å². The van der Waals surface area contributed by atoms with Crippen molar-refractivity contribution in [2.45, 2.75) is 25.8 Å². The first-order chi connectivity index (χ1) is 7.22. The van der Waals surface area contributed by atoms with E-state index < -0.39 is 0 Å². The number of piperazine rings is 1. The topological polar surface area (TPSA) is 49.6 Å². The van der Waals surface area contributed by atoms with Gasteiger partial charge in [0.2, 0.25) is 5.91 Å². The number of carbonyl (C=O) groups excluding carboxylic acids is 1. The number of hydrogen-bond donors (Lipinski definition) is 1. The standard InChI is InChI=1S/C11H21N3O/c1-2-3-13-4-6-14(7-5-13)11(15)9-8-10(9)12/h9-10H,2-8,12H2,1H3. The lowest BCUT2D eigenvalue weighted by atomic mass is 10.2. The predicted octanol–water partition coefficient (Wildman–Crippen LogP) is -0.112. The highest BCUT2D eigenvalue weighted by Crippen LogP contribution is 2.30. The third-order valence-electron chi connectivity index (χ3n) is 3.38. The molecule has 4 nitrogen and oxygen atoms in total. The average Bonchev–Trinajstić information content (AvgIpc) is 2.96. The predicted molar refractivity (Wildman–Crippen MR) is 59.4 cm³/mol. The maximum atomic E-state index is 11.9. The Kier molecular flexibility index (Phi) is 3.26. The number of nitrogens with zero attached hydrogens (tertiary/aromatic N) is 2. The number of hydrogen-bond acceptors (Lipinski definition) is 3. The lowest BCUT2D eigenvalue weighted by Crippen LogP contribution is -2.49. The molecule has 1 heterocycles. The fraction of sp³-hybridized carbons (Fsp3) is 0.909. The van der Waals surface area contributed by atoms with Crippen molar-refractivity contribution in [1.29, 1.82) is 0 Å². The van der Waals surface area contributed by atoms with Gasteiger partial charge in [-0.3, -0.25) is 9.69 Å². The molecule has 0 radical (unpaired) electrons. The van der Waals surface area contributed by atoms with E-state index in [-0.39, 0.29) is 12.0 Å². The van der Waals surface area contributed by atoms with Crippen molar-refractivity contribution in [3.8, 4) is 0 Å². The lowest BCUT2D eigenvalue weighted by Gasteiger charge is -2.34. The van der Waals surface area contributed by atoms with Crippen molar-refractivity contribution in [2.75, 3.05) is 32.7 Å². The number of carbonyl (C=O) groups is 1. The van der Waals surface area contributed by atoms with Crippen molar-refractivity contribution in [3.63, 3.8) is 0 Å². The van der Waals surface area contributed by atoms with Crippen LogP contribution in [0.15, 0.2) is 0 Å². The SMILES string of the molecule is CCCN1CCN(C(=O)C2CC2N)CC1. The number of rotatable bonds is 3. The second-order valence-corrected chi connectivity index (χ2v) is 4.67. The summed E-state index contributed by atoms with van der Waals surface area (Å²) >= 11 is 0. The van der Waals surface area contributed by atoms with E-state index in [1.165, 1.54) is 6.42 Å². The van der Waals surface area contributed by atoms with Gasteiger partial charge >= 0.3 is 0 Å². The van der Waals surface area contributed by atoms with Gasteiger partial charge in [0.15, 0.2) is 0 Å². The van der Waals surface area contributed by atoms with Gasteiger partial charge in [-0.1, -0.05) is 6.92 Å². The molecule has 0 aromatic heterocycles. The van der Waals surface area contributed by atoms with Gasteiger partial charge in [-0.05, 0) is 19.4 Å². The molecule has 1 saturated carbocycles. The maximum Gasteiger partial charge on any atom is 0.227 e. The molecule has 1 aliphatic heterocycles. The Morgan fingerprint density at radius 2 is 1.93 bits per heavy atom. The molecule has 2 rings (SSSR count). The molecule has 0 aromatic rings. The molecule has 2 fully saturated rings. The summed E-state index contributed by atoms with van der Waals surface area (Å²) in [6.07, 6.45) is 2.09. The van der Waals surface area contributed by atoms with E-state index in [9.17, 15) is 4.79 Å². The van der Waals surface area contributed by atoms with E-state index in [1.807, 2.05) is 4.90 Å². The summed E-state index contributed by atoms with van der Waals surface area (Å²) in [5.74, 6) is 0.432. The third kappa shape index (κ3) is 2.49. The Balaban J connectivity index is 1.75. The van der Waals surface area contributed by atoms with Crippen molar-refractivity contribution in [2.24, 2.45) is 11.7 Å². The van der Waals surface area contributed by atoms with Gasteiger partial charge in [0.1, 0.15) is 0 Å². The maximum absolute atomic E-state index is 11.9. The van der Waals surface area contributed by atoms with Crippen LogP contribution in [0.25, 0.3) is 0 Å². The Hall–Kier alpha value is -0.610. The van der Waals surface area contributed by atoms with Crippen LogP contribution in [0, 0.1) is 5.92 Å². The van der Waals surface area contributed by atoms with Crippen LogP contribution >= 0.6 is 0 Å². The first-order valence-electron chi connectivity index (χ1n) is 5.99. The minimum Gasteiger partial charge on any atom is -0.340 e. The Morgan fingerprint density at radius 1 is 1.33 bits per heavy atom. The molecule has 1 aliphatic carbocycles. The Labute approximate surface area is 91.4 Å². The Morgan fingerprint density at radius 3 is 2.40 bits per heavy atom. The summed E-state index contributed by atoms with van der Waals surface area (Å²) in [5, 5.41) is 0. The zero-order valence-corrected chi connectivity index (χ0v) is 9.48. The zero-order valence-electron chi connectivity index (χ0n) is 9.48. The van der Waals surface area contributed by atoms with Crippen LogP contribution in [0.5, 0.6) is 0 Å². The molecule has 15 heavy (non-hydrogen) atoms. The van der Waals surface area contributed by atoms with E-state index in [1.54, 1.807) is 0 Å². The van der Waals surface area contributed by atoms with Gasteiger partial charge < -0.3 is 10.6 Å². The third-order valence-corrected chi connectivity index (χ3v) is 3.38. The molecule has 2 aliphatic rings. The number of amides is 1. The molecule has 2 unspecified atom stereocenters. The second-order valence-electron chi connectivity index (χ2n) is 4.67. The molecular formula is C11H21N3O. The van der Waals surface area contributed by atoms with Crippen molar-refractivity contribution >= 4 is 5.91 Å². The fourth-order valence-electron chi connectivity index (χ4n) is 2.24. The smallest absolute Gasteiger partial charge is 0.227 e. The molecular weight excluding hydrogens is 190 g/mol. The van der Waals surface area contributed by atoms with Crippen LogP contribution in [0.3, 0.4) is 0 Å².